The van der Waals surface area contributed by atoms with Crippen LogP contribution >= 0.6 is 0 Å². The lowest BCUT2D eigenvalue weighted by Gasteiger charge is -2.22. The highest BCUT2D eigenvalue weighted by Gasteiger charge is 2.25. The summed E-state index contributed by atoms with van der Waals surface area (Å²) >= 11 is 0. The van der Waals surface area contributed by atoms with Gasteiger partial charge in [-0.3, -0.25) is 0 Å². The molecule has 0 fully saturated rings. The molecule has 0 saturated carbocycles. The smallest absolute Gasteiger partial charge is 0.306 e. The van der Waals surface area contributed by atoms with E-state index in [1.807, 2.05) is 60.7 Å². The van der Waals surface area contributed by atoms with Gasteiger partial charge in [-0.2, -0.15) is 4.31 Å². The highest BCUT2D eigenvalue weighted by atomic mass is 32.2. The molecule has 0 spiro atoms. The average molecular weight is 407 g/mol. The molecule has 1 heterocycles. The van der Waals surface area contributed by atoms with Crippen LogP contribution in [-0.2, 0) is 23.0 Å². The van der Waals surface area contributed by atoms with Crippen molar-refractivity contribution in [3.05, 3.63) is 100 Å². The molecule has 29 heavy (non-hydrogen) atoms. The molecule has 0 unspecified atom stereocenters. The predicted molar refractivity (Wildman–Crippen MR) is 113 cm³/mol. The molecule has 0 aliphatic rings. The summed E-state index contributed by atoms with van der Waals surface area (Å²) in [4.78, 5) is 16.9. The average Bonchev–Trinajstić information content (AvgIpc) is 3.11. The Morgan fingerprint density at radius 1 is 0.759 bits per heavy atom. The number of H-pyrrole nitrogens is 2. The summed E-state index contributed by atoms with van der Waals surface area (Å²) in [5.41, 5.74) is 2.68. The van der Waals surface area contributed by atoms with Gasteiger partial charge in [0.2, 0.25) is 10.0 Å². The SMILES string of the molecule is O=c1[nH]c2ccc(S(=O)(=O)N(CCc3ccccc3)Cc3ccccc3)cc2[nH]1. The Morgan fingerprint density at radius 3 is 2.07 bits per heavy atom. The maximum Gasteiger partial charge on any atom is 0.323 e. The number of fused-ring (bicyclic) bond motifs is 1. The Morgan fingerprint density at radius 2 is 1.38 bits per heavy atom. The second kappa shape index (κ2) is 8.06. The highest BCUT2D eigenvalue weighted by molar-refractivity contribution is 7.89. The molecule has 3 aromatic carbocycles. The van der Waals surface area contributed by atoms with Crippen molar-refractivity contribution in [1.29, 1.82) is 0 Å². The van der Waals surface area contributed by atoms with Crippen LogP contribution in [0.4, 0.5) is 0 Å². The molecule has 0 amide bonds. The maximum absolute atomic E-state index is 13.4. The van der Waals surface area contributed by atoms with Gasteiger partial charge < -0.3 is 9.97 Å². The number of rotatable bonds is 7. The third-order valence-corrected chi connectivity index (χ3v) is 6.66. The summed E-state index contributed by atoms with van der Waals surface area (Å²) in [5, 5.41) is 0. The monoisotopic (exact) mass is 407 g/mol. The summed E-state index contributed by atoms with van der Waals surface area (Å²) in [6.45, 7) is 0.626. The summed E-state index contributed by atoms with van der Waals surface area (Å²) in [6, 6.07) is 24.0. The molecule has 0 aliphatic carbocycles. The lowest BCUT2D eigenvalue weighted by Crippen LogP contribution is -2.32. The van der Waals surface area contributed by atoms with E-state index in [1.165, 1.54) is 16.4 Å². The molecule has 0 radical (unpaired) electrons. The van der Waals surface area contributed by atoms with Crippen LogP contribution in [0.1, 0.15) is 11.1 Å². The second-order valence-electron chi connectivity index (χ2n) is 6.85. The largest absolute Gasteiger partial charge is 0.323 e. The number of aromatic nitrogens is 2. The molecule has 2 N–H and O–H groups in total. The van der Waals surface area contributed by atoms with Crippen LogP contribution in [0.3, 0.4) is 0 Å². The number of aromatic amines is 2. The first-order valence-corrected chi connectivity index (χ1v) is 10.8. The fraction of sp³-hybridized carbons (Fsp3) is 0.136. The van der Waals surface area contributed by atoms with Crippen LogP contribution in [0.5, 0.6) is 0 Å². The number of nitrogens with zero attached hydrogens (tertiary/aromatic N) is 1. The fourth-order valence-corrected chi connectivity index (χ4v) is 4.75. The standard InChI is InChI=1S/C22H21N3O3S/c26-22-23-20-12-11-19(15-21(20)24-22)29(27,28)25(16-18-9-5-2-6-10-18)14-13-17-7-3-1-4-8-17/h1-12,15H,13-14,16H2,(H2,23,24,26). The van der Waals surface area contributed by atoms with Gasteiger partial charge in [0, 0.05) is 13.1 Å². The predicted octanol–water partition coefficient (Wildman–Crippen LogP) is 3.29. The first-order chi connectivity index (χ1) is 14.0. The molecule has 4 rings (SSSR count). The van der Waals surface area contributed by atoms with Gasteiger partial charge in [0.05, 0.1) is 15.9 Å². The number of benzene rings is 3. The first kappa shape index (κ1) is 19.2. The zero-order chi connectivity index (χ0) is 20.3. The molecule has 0 atom stereocenters. The molecule has 0 saturated heterocycles. The number of sulfonamides is 1. The van der Waals surface area contributed by atoms with Crippen molar-refractivity contribution in [3.63, 3.8) is 0 Å². The van der Waals surface area contributed by atoms with Crippen LogP contribution in [-0.4, -0.2) is 29.2 Å². The lowest BCUT2D eigenvalue weighted by molar-refractivity contribution is 0.409. The van der Waals surface area contributed by atoms with Gasteiger partial charge in [-0.15, -0.1) is 0 Å². The number of hydrogen-bond donors (Lipinski definition) is 2. The van der Waals surface area contributed by atoms with Crippen molar-refractivity contribution in [2.45, 2.75) is 17.9 Å². The molecule has 4 aromatic rings. The normalized spacial score (nSPS) is 11.9. The molecular weight excluding hydrogens is 386 g/mol. The van der Waals surface area contributed by atoms with E-state index in [4.69, 9.17) is 0 Å². The van der Waals surface area contributed by atoms with E-state index in [1.54, 1.807) is 6.07 Å². The van der Waals surface area contributed by atoms with Gasteiger partial charge >= 0.3 is 5.69 Å². The quantitative estimate of drug-likeness (QED) is 0.493. The number of imidazole rings is 1. The van der Waals surface area contributed by atoms with Gasteiger partial charge in [-0.25, -0.2) is 13.2 Å². The van der Waals surface area contributed by atoms with E-state index >= 15 is 0 Å². The zero-order valence-corrected chi connectivity index (χ0v) is 16.5. The van der Waals surface area contributed by atoms with Crippen molar-refractivity contribution >= 4 is 21.1 Å². The Bertz CT molecular complexity index is 1260. The van der Waals surface area contributed by atoms with Crippen LogP contribution in [0.25, 0.3) is 11.0 Å². The van der Waals surface area contributed by atoms with Crippen molar-refractivity contribution in [3.8, 4) is 0 Å². The van der Waals surface area contributed by atoms with Crippen molar-refractivity contribution < 1.29 is 8.42 Å². The molecule has 1 aromatic heterocycles. The van der Waals surface area contributed by atoms with E-state index in [-0.39, 0.29) is 17.1 Å². The van der Waals surface area contributed by atoms with Crippen molar-refractivity contribution in [1.82, 2.24) is 14.3 Å². The third-order valence-electron chi connectivity index (χ3n) is 4.82. The van der Waals surface area contributed by atoms with Crippen LogP contribution < -0.4 is 5.69 Å². The summed E-state index contributed by atoms with van der Waals surface area (Å²) in [7, 11) is -3.75. The Kier molecular flexibility index (Phi) is 5.33. The Labute approximate surface area is 168 Å². The topological polar surface area (TPSA) is 86.0 Å². The second-order valence-corrected chi connectivity index (χ2v) is 8.78. The Balaban J connectivity index is 1.67. The van der Waals surface area contributed by atoms with Crippen LogP contribution in [0, 0.1) is 0 Å². The third kappa shape index (κ3) is 4.31. The Hall–Kier alpha value is -3.16. The van der Waals surface area contributed by atoms with Gasteiger partial charge in [0.1, 0.15) is 0 Å². The fourth-order valence-electron chi connectivity index (χ4n) is 3.29. The number of nitrogens with one attached hydrogen (secondary N) is 2. The van der Waals surface area contributed by atoms with Crippen molar-refractivity contribution in [2.75, 3.05) is 6.54 Å². The molecule has 148 valence electrons. The van der Waals surface area contributed by atoms with E-state index < -0.39 is 10.0 Å². The van der Waals surface area contributed by atoms with E-state index in [0.29, 0.717) is 24.0 Å². The van der Waals surface area contributed by atoms with Gasteiger partial charge in [0.25, 0.3) is 0 Å². The van der Waals surface area contributed by atoms with Gasteiger partial charge in [-0.1, -0.05) is 60.7 Å². The van der Waals surface area contributed by atoms with Crippen LogP contribution in [0.2, 0.25) is 0 Å². The summed E-state index contributed by atoms with van der Waals surface area (Å²) in [5.74, 6) is 0. The molecule has 7 heteroatoms. The minimum atomic E-state index is -3.75. The minimum absolute atomic E-state index is 0.157. The van der Waals surface area contributed by atoms with Gasteiger partial charge in [0.15, 0.2) is 0 Å². The maximum atomic E-state index is 13.4. The molecular formula is C22H21N3O3S. The zero-order valence-electron chi connectivity index (χ0n) is 15.7. The van der Waals surface area contributed by atoms with E-state index in [0.717, 1.165) is 11.1 Å². The summed E-state index contributed by atoms with van der Waals surface area (Å²) in [6.07, 6.45) is 0.607. The minimum Gasteiger partial charge on any atom is -0.306 e. The highest BCUT2D eigenvalue weighted by Crippen LogP contribution is 2.22. The van der Waals surface area contributed by atoms with Gasteiger partial charge in [-0.05, 0) is 35.7 Å². The first-order valence-electron chi connectivity index (χ1n) is 9.32. The van der Waals surface area contributed by atoms with Crippen LogP contribution in [0.15, 0.2) is 88.6 Å². The van der Waals surface area contributed by atoms with E-state index in [9.17, 15) is 13.2 Å². The molecule has 0 aliphatic heterocycles. The number of hydrogen-bond acceptors (Lipinski definition) is 3. The molecule has 0 bridgehead atoms. The van der Waals surface area contributed by atoms with Crippen molar-refractivity contribution in [2.24, 2.45) is 0 Å². The van der Waals surface area contributed by atoms with E-state index in [2.05, 4.69) is 9.97 Å². The lowest BCUT2D eigenvalue weighted by atomic mass is 10.1. The summed E-state index contributed by atoms with van der Waals surface area (Å²) < 4.78 is 28.4. The molecule has 6 nitrogen and oxygen atoms in total.